The lowest BCUT2D eigenvalue weighted by Crippen LogP contribution is -2.26. The molecule has 0 spiro atoms. The molecule has 0 aliphatic rings. The van der Waals surface area contributed by atoms with Crippen molar-refractivity contribution in [2.45, 2.75) is 6.54 Å². The Balaban J connectivity index is 2.14. The van der Waals surface area contributed by atoms with Crippen LogP contribution in [0.3, 0.4) is 0 Å². The summed E-state index contributed by atoms with van der Waals surface area (Å²) in [6, 6.07) is 8.65. The van der Waals surface area contributed by atoms with Crippen LogP contribution < -0.4 is 5.73 Å². The van der Waals surface area contributed by atoms with Crippen LogP contribution >= 0.6 is 11.6 Å². The quantitative estimate of drug-likeness (QED) is 0.886. The number of rotatable bonds is 3. The van der Waals surface area contributed by atoms with Crippen LogP contribution in [-0.2, 0) is 6.54 Å². The summed E-state index contributed by atoms with van der Waals surface area (Å²) in [6.07, 6.45) is 1.58. The number of amides is 1. The molecule has 2 N–H and O–H groups in total. The highest BCUT2D eigenvalue weighted by molar-refractivity contribution is 6.32. The predicted molar refractivity (Wildman–Crippen MR) is 81.9 cm³/mol. The Morgan fingerprint density at radius 2 is 2.24 bits per heavy atom. The molecule has 0 radical (unpaired) electrons. The van der Waals surface area contributed by atoms with Gasteiger partial charge in [-0.15, -0.1) is 0 Å². The van der Waals surface area contributed by atoms with E-state index in [1.54, 1.807) is 42.5 Å². The van der Waals surface area contributed by atoms with Crippen molar-refractivity contribution in [2.75, 3.05) is 13.6 Å². The summed E-state index contributed by atoms with van der Waals surface area (Å²) in [7, 11) is 1.71. The fraction of sp³-hybridized carbons (Fsp3) is 0.188. The van der Waals surface area contributed by atoms with Crippen molar-refractivity contribution in [2.24, 2.45) is 5.73 Å². The zero-order chi connectivity index (χ0) is 15.2. The van der Waals surface area contributed by atoms with E-state index >= 15 is 0 Å². The molecular formula is C16H15ClN2O2. The number of benzene rings is 1. The molecule has 0 atom stereocenters. The topological polar surface area (TPSA) is 59.5 Å². The third kappa shape index (κ3) is 3.88. The number of nitrogens with two attached hydrogens (primary N) is 1. The van der Waals surface area contributed by atoms with E-state index in [0.717, 1.165) is 5.76 Å². The van der Waals surface area contributed by atoms with Crippen LogP contribution in [-0.4, -0.2) is 24.4 Å². The van der Waals surface area contributed by atoms with E-state index in [-0.39, 0.29) is 12.5 Å². The summed E-state index contributed by atoms with van der Waals surface area (Å²) < 4.78 is 5.23. The molecule has 4 nitrogen and oxygen atoms in total. The summed E-state index contributed by atoms with van der Waals surface area (Å²) in [4.78, 5) is 13.9. The second kappa shape index (κ2) is 6.98. The van der Waals surface area contributed by atoms with E-state index in [9.17, 15) is 4.79 Å². The third-order valence-corrected chi connectivity index (χ3v) is 3.17. The van der Waals surface area contributed by atoms with E-state index in [1.165, 1.54) is 0 Å². The van der Waals surface area contributed by atoms with Gasteiger partial charge in [0.1, 0.15) is 5.76 Å². The number of carbonyl (C=O) groups is 1. The minimum absolute atomic E-state index is 0.133. The molecular weight excluding hydrogens is 288 g/mol. The number of halogens is 1. The maximum Gasteiger partial charge on any atom is 0.254 e. The first-order valence-electron chi connectivity index (χ1n) is 6.38. The largest absolute Gasteiger partial charge is 0.467 e. The lowest BCUT2D eigenvalue weighted by atomic mass is 10.1. The SMILES string of the molecule is CN(Cc1ccco1)C(=O)c1ccc(C#CCN)c(Cl)c1. The molecule has 5 heteroatoms. The Labute approximate surface area is 128 Å². The van der Waals surface area contributed by atoms with Gasteiger partial charge in [0, 0.05) is 18.2 Å². The molecule has 2 aromatic rings. The van der Waals surface area contributed by atoms with Gasteiger partial charge in [0.15, 0.2) is 0 Å². The smallest absolute Gasteiger partial charge is 0.254 e. The number of nitrogens with zero attached hydrogens (tertiary/aromatic N) is 1. The highest BCUT2D eigenvalue weighted by Crippen LogP contribution is 2.18. The van der Waals surface area contributed by atoms with Gasteiger partial charge in [0.25, 0.3) is 5.91 Å². The molecule has 0 saturated heterocycles. The first-order valence-corrected chi connectivity index (χ1v) is 6.76. The summed E-state index contributed by atoms with van der Waals surface area (Å²) in [5.41, 5.74) is 6.49. The summed E-state index contributed by atoms with van der Waals surface area (Å²) in [5.74, 6) is 6.18. The summed E-state index contributed by atoms with van der Waals surface area (Å²) >= 11 is 6.12. The van der Waals surface area contributed by atoms with Crippen molar-refractivity contribution in [1.82, 2.24) is 4.90 Å². The van der Waals surface area contributed by atoms with Crippen LogP contribution in [0.4, 0.5) is 0 Å². The van der Waals surface area contributed by atoms with Crippen LogP contribution in [0.15, 0.2) is 41.0 Å². The molecule has 108 valence electrons. The number of hydrogen-bond acceptors (Lipinski definition) is 3. The van der Waals surface area contributed by atoms with Crippen LogP contribution in [0.25, 0.3) is 0 Å². The van der Waals surface area contributed by atoms with E-state index < -0.39 is 0 Å². The summed E-state index contributed by atoms with van der Waals surface area (Å²) in [6.45, 7) is 0.668. The molecule has 0 aliphatic heterocycles. The van der Waals surface area contributed by atoms with Gasteiger partial charge in [-0.05, 0) is 30.3 Å². The second-order valence-corrected chi connectivity index (χ2v) is 4.85. The normalized spacial score (nSPS) is 9.86. The number of furan rings is 1. The molecule has 1 amide bonds. The first kappa shape index (κ1) is 15.2. The third-order valence-electron chi connectivity index (χ3n) is 2.86. The fourth-order valence-corrected chi connectivity index (χ4v) is 2.05. The Morgan fingerprint density at radius 1 is 1.43 bits per heavy atom. The van der Waals surface area contributed by atoms with Crippen molar-refractivity contribution in [3.8, 4) is 11.8 Å². The molecule has 21 heavy (non-hydrogen) atoms. The van der Waals surface area contributed by atoms with Crippen LogP contribution in [0.1, 0.15) is 21.7 Å². The zero-order valence-corrected chi connectivity index (χ0v) is 12.4. The molecule has 1 heterocycles. The van der Waals surface area contributed by atoms with E-state index in [1.807, 2.05) is 6.07 Å². The highest BCUT2D eigenvalue weighted by Gasteiger charge is 2.14. The lowest BCUT2D eigenvalue weighted by molar-refractivity contribution is 0.0775. The van der Waals surface area contributed by atoms with Crippen LogP contribution in [0, 0.1) is 11.8 Å². The number of carbonyl (C=O) groups excluding carboxylic acids is 1. The van der Waals surface area contributed by atoms with Gasteiger partial charge in [0.2, 0.25) is 0 Å². The molecule has 1 aromatic carbocycles. The minimum atomic E-state index is -0.133. The van der Waals surface area contributed by atoms with Gasteiger partial charge < -0.3 is 15.1 Å². The Morgan fingerprint density at radius 3 is 2.86 bits per heavy atom. The molecule has 0 saturated carbocycles. The van der Waals surface area contributed by atoms with Gasteiger partial charge in [-0.25, -0.2) is 0 Å². The molecule has 0 aliphatic carbocycles. The monoisotopic (exact) mass is 302 g/mol. The van der Waals surface area contributed by atoms with Crippen molar-refractivity contribution in [3.63, 3.8) is 0 Å². The summed E-state index contributed by atoms with van der Waals surface area (Å²) in [5, 5.41) is 0.438. The maximum absolute atomic E-state index is 12.3. The number of hydrogen-bond donors (Lipinski definition) is 1. The Hall–Kier alpha value is -2.22. The molecule has 0 unspecified atom stereocenters. The van der Waals surface area contributed by atoms with Gasteiger partial charge in [0.05, 0.1) is 24.4 Å². The van der Waals surface area contributed by atoms with E-state index in [0.29, 0.717) is 22.7 Å². The standard InChI is InChI=1S/C16H15ClN2O2/c1-19(11-14-5-3-9-21-14)16(20)13-7-6-12(4-2-8-18)15(17)10-13/h3,5-7,9-10H,8,11,18H2,1H3. The van der Waals surface area contributed by atoms with E-state index in [4.69, 9.17) is 21.8 Å². The molecule has 0 bridgehead atoms. The molecule has 0 fully saturated rings. The van der Waals surface area contributed by atoms with E-state index in [2.05, 4.69) is 11.8 Å². The molecule has 1 aromatic heterocycles. The minimum Gasteiger partial charge on any atom is -0.467 e. The average molecular weight is 303 g/mol. The van der Waals surface area contributed by atoms with Crippen LogP contribution in [0.5, 0.6) is 0 Å². The Bertz CT molecular complexity index is 684. The van der Waals surface area contributed by atoms with Gasteiger partial charge >= 0.3 is 0 Å². The fourth-order valence-electron chi connectivity index (χ4n) is 1.82. The average Bonchev–Trinajstić information content (AvgIpc) is 2.98. The van der Waals surface area contributed by atoms with Crippen molar-refractivity contribution >= 4 is 17.5 Å². The van der Waals surface area contributed by atoms with Gasteiger partial charge in [-0.2, -0.15) is 0 Å². The van der Waals surface area contributed by atoms with Crippen LogP contribution in [0.2, 0.25) is 5.02 Å². The first-order chi connectivity index (χ1) is 10.1. The highest BCUT2D eigenvalue weighted by atomic mass is 35.5. The van der Waals surface area contributed by atoms with Crippen molar-refractivity contribution in [1.29, 1.82) is 0 Å². The zero-order valence-electron chi connectivity index (χ0n) is 11.6. The maximum atomic E-state index is 12.3. The van der Waals surface area contributed by atoms with Crippen molar-refractivity contribution in [3.05, 3.63) is 58.5 Å². The Kier molecular flexibility index (Phi) is 5.04. The molecule has 2 rings (SSSR count). The second-order valence-electron chi connectivity index (χ2n) is 4.44. The van der Waals surface area contributed by atoms with Crippen molar-refractivity contribution < 1.29 is 9.21 Å². The van der Waals surface area contributed by atoms with Gasteiger partial charge in [-0.3, -0.25) is 4.79 Å². The van der Waals surface area contributed by atoms with Gasteiger partial charge in [-0.1, -0.05) is 23.4 Å². The predicted octanol–water partition coefficient (Wildman–Crippen LogP) is 2.52. The lowest BCUT2D eigenvalue weighted by Gasteiger charge is -2.16.